The van der Waals surface area contributed by atoms with Crippen molar-refractivity contribution in [3.63, 3.8) is 0 Å². The summed E-state index contributed by atoms with van der Waals surface area (Å²) in [5.41, 5.74) is 0. The molecule has 0 radical (unpaired) electrons. The van der Waals surface area contributed by atoms with Gasteiger partial charge in [-0.05, 0) is 12.8 Å². The van der Waals surface area contributed by atoms with E-state index in [1.54, 1.807) is 0 Å². The number of ether oxygens (including phenoxy) is 5. The molecule has 57 heavy (non-hydrogen) atoms. The highest BCUT2D eigenvalue weighted by Crippen LogP contribution is 2.39. The fraction of sp³-hybridized carbons (Fsp3) is 0.955. The van der Waals surface area contributed by atoms with Gasteiger partial charge >= 0.3 is 11.9 Å². The van der Waals surface area contributed by atoms with Crippen LogP contribution in [0.4, 0.5) is 0 Å². The highest BCUT2D eigenvalue weighted by atomic mass is 16.8. The van der Waals surface area contributed by atoms with E-state index in [0.717, 1.165) is 51.4 Å². The van der Waals surface area contributed by atoms with Gasteiger partial charge in [0.15, 0.2) is 12.2 Å². The number of hydrogen-bond donors (Lipinski definition) is 6. The van der Waals surface area contributed by atoms with Crippen LogP contribution in [-0.2, 0) is 33.3 Å². The number of carbonyl (C=O) groups excluding carboxylic acids is 2. The molecule has 0 aromatic heterocycles. The first-order valence-corrected chi connectivity index (χ1v) is 22.9. The summed E-state index contributed by atoms with van der Waals surface area (Å²) in [6.45, 7) is 2.03. The number of esters is 2. The van der Waals surface area contributed by atoms with Crippen LogP contribution >= 0.6 is 0 Å². The predicted molar refractivity (Wildman–Crippen MR) is 217 cm³/mol. The van der Waals surface area contributed by atoms with Gasteiger partial charge < -0.3 is 54.3 Å². The summed E-state index contributed by atoms with van der Waals surface area (Å²) in [6.07, 6.45) is 17.1. The van der Waals surface area contributed by atoms with Gasteiger partial charge in [-0.25, -0.2) is 0 Å². The maximum Gasteiger partial charge on any atom is 0.306 e. The van der Waals surface area contributed by atoms with Crippen molar-refractivity contribution in [1.29, 1.82) is 0 Å². The van der Waals surface area contributed by atoms with E-state index >= 15 is 0 Å². The lowest BCUT2D eigenvalue weighted by molar-refractivity contribution is -0.384. The van der Waals surface area contributed by atoms with Crippen LogP contribution in [0, 0.1) is 0 Å². The number of carbonyl (C=O) groups is 2. The normalized spacial score (nSPS) is 27.5. The first-order chi connectivity index (χ1) is 27.7. The SMILES string of the molecule is CCCCCCCCCCCCCCCC(=O)O[C@H]1[C@@H](O[C@]2(CO)O[C@H](CO)[C@@H](O)[C@@H]2OC(=O)CCCCCCCCCCCCCCC)O[C@H](CO)[C@@H](O)[C@@H]1O. The van der Waals surface area contributed by atoms with E-state index in [4.69, 9.17) is 23.7 Å². The number of unbranched alkanes of at least 4 members (excludes halogenated alkanes) is 24. The lowest BCUT2D eigenvalue weighted by Gasteiger charge is -2.44. The highest BCUT2D eigenvalue weighted by molar-refractivity contribution is 5.70. The third kappa shape index (κ3) is 19.7. The predicted octanol–water partition coefficient (Wildman–Crippen LogP) is 6.67. The van der Waals surface area contributed by atoms with Gasteiger partial charge in [-0.3, -0.25) is 9.59 Å². The van der Waals surface area contributed by atoms with Gasteiger partial charge in [0, 0.05) is 12.8 Å². The Morgan fingerprint density at radius 2 is 0.895 bits per heavy atom. The molecule has 0 spiro atoms. The van der Waals surface area contributed by atoms with E-state index in [-0.39, 0.29) is 12.8 Å². The van der Waals surface area contributed by atoms with Crippen molar-refractivity contribution in [3.8, 4) is 0 Å². The summed E-state index contributed by atoms with van der Waals surface area (Å²) in [6, 6.07) is 0. The second kappa shape index (κ2) is 31.5. The van der Waals surface area contributed by atoms with Crippen molar-refractivity contribution in [2.75, 3.05) is 19.8 Å². The molecule has 13 nitrogen and oxygen atoms in total. The lowest BCUT2D eigenvalue weighted by Crippen LogP contribution is -2.64. The van der Waals surface area contributed by atoms with Crippen LogP contribution in [0.1, 0.15) is 194 Å². The Morgan fingerprint density at radius 3 is 1.28 bits per heavy atom. The highest BCUT2D eigenvalue weighted by Gasteiger charge is 2.61. The summed E-state index contributed by atoms with van der Waals surface area (Å²) >= 11 is 0. The van der Waals surface area contributed by atoms with Crippen LogP contribution in [0.2, 0.25) is 0 Å². The third-order valence-electron chi connectivity index (χ3n) is 11.5. The molecule has 0 saturated carbocycles. The summed E-state index contributed by atoms with van der Waals surface area (Å²) in [4.78, 5) is 26.0. The summed E-state index contributed by atoms with van der Waals surface area (Å²) < 4.78 is 28.7. The Morgan fingerprint density at radius 1 is 0.509 bits per heavy atom. The molecule has 2 rings (SSSR count). The topological polar surface area (TPSA) is 202 Å². The molecule has 2 fully saturated rings. The monoisotopic (exact) mass is 819 g/mol. The van der Waals surface area contributed by atoms with Crippen LogP contribution in [0.3, 0.4) is 0 Å². The summed E-state index contributed by atoms with van der Waals surface area (Å²) in [5, 5.41) is 63.0. The fourth-order valence-corrected chi connectivity index (χ4v) is 7.87. The Balaban J connectivity index is 1.87. The van der Waals surface area contributed by atoms with E-state index in [0.29, 0.717) is 12.8 Å². The molecule has 2 heterocycles. The molecule has 336 valence electrons. The number of aliphatic hydroxyl groups excluding tert-OH is 6. The Labute approximate surface area is 343 Å². The zero-order valence-corrected chi connectivity index (χ0v) is 35.6. The van der Waals surface area contributed by atoms with E-state index in [9.17, 15) is 40.2 Å². The molecular weight excluding hydrogens is 736 g/mol. The van der Waals surface area contributed by atoms with Gasteiger partial charge in [-0.15, -0.1) is 0 Å². The average Bonchev–Trinajstić information content (AvgIpc) is 3.47. The van der Waals surface area contributed by atoms with Gasteiger partial charge in [-0.1, -0.05) is 168 Å². The first-order valence-electron chi connectivity index (χ1n) is 22.9. The molecule has 0 aromatic carbocycles. The van der Waals surface area contributed by atoms with Crippen molar-refractivity contribution in [1.82, 2.24) is 0 Å². The maximum atomic E-state index is 13.0. The van der Waals surface area contributed by atoms with E-state index in [1.807, 2.05) is 0 Å². The summed E-state index contributed by atoms with van der Waals surface area (Å²) in [5.74, 6) is -3.64. The third-order valence-corrected chi connectivity index (χ3v) is 11.5. The van der Waals surface area contributed by atoms with Crippen molar-refractivity contribution >= 4 is 11.9 Å². The van der Waals surface area contributed by atoms with Crippen molar-refractivity contribution in [2.24, 2.45) is 0 Å². The van der Waals surface area contributed by atoms with E-state index in [2.05, 4.69) is 13.8 Å². The zero-order chi connectivity index (χ0) is 41.7. The Hall–Kier alpha value is -1.42. The molecule has 0 bridgehead atoms. The molecule has 13 heteroatoms. The van der Waals surface area contributed by atoms with Crippen LogP contribution in [0.15, 0.2) is 0 Å². The molecule has 0 aromatic rings. The summed E-state index contributed by atoms with van der Waals surface area (Å²) in [7, 11) is 0. The van der Waals surface area contributed by atoms with Gasteiger partial charge in [0.05, 0.1) is 13.2 Å². The molecule has 6 N–H and O–H groups in total. The molecule has 0 unspecified atom stereocenters. The molecule has 2 aliphatic rings. The lowest BCUT2D eigenvalue weighted by atomic mass is 9.98. The Kier molecular flexibility index (Phi) is 28.5. The average molecular weight is 819 g/mol. The Bertz CT molecular complexity index is 1020. The smallest absolute Gasteiger partial charge is 0.306 e. The minimum absolute atomic E-state index is 0.0413. The number of aliphatic hydroxyl groups is 6. The minimum Gasteiger partial charge on any atom is -0.454 e. The van der Waals surface area contributed by atoms with Gasteiger partial charge in [0.1, 0.15) is 37.1 Å². The quantitative estimate of drug-likeness (QED) is 0.0293. The first kappa shape index (κ1) is 51.7. The fourth-order valence-electron chi connectivity index (χ4n) is 7.87. The number of hydrogen-bond acceptors (Lipinski definition) is 13. The number of rotatable bonds is 35. The standard InChI is InChI=1S/C44H82O13/c1-3-5-7-9-11-13-15-17-19-21-23-25-27-29-36(48)54-41-40(52)38(50)34(31-45)53-43(41)57-44(33-47)42(39(51)35(32-46)56-44)55-37(49)30-28-26-24-22-20-18-16-14-12-10-8-6-4-2/h34-35,38-43,45-47,50-52H,3-33H2,1-2H3/t34-,35-,38-,39-,40+,41-,42+,43-,44+/m1/s1. The largest absolute Gasteiger partial charge is 0.454 e. The van der Waals surface area contributed by atoms with Crippen LogP contribution < -0.4 is 0 Å². The van der Waals surface area contributed by atoms with Gasteiger partial charge in [0.2, 0.25) is 12.1 Å². The second-order valence-corrected chi connectivity index (χ2v) is 16.5. The van der Waals surface area contributed by atoms with E-state index < -0.39 is 86.6 Å². The molecule has 0 aliphatic carbocycles. The van der Waals surface area contributed by atoms with Gasteiger partial charge in [-0.2, -0.15) is 0 Å². The van der Waals surface area contributed by atoms with Crippen molar-refractivity contribution in [3.05, 3.63) is 0 Å². The van der Waals surface area contributed by atoms with Crippen LogP contribution in [0.5, 0.6) is 0 Å². The molecule has 9 atom stereocenters. The van der Waals surface area contributed by atoms with Gasteiger partial charge in [0.25, 0.3) is 0 Å². The minimum atomic E-state index is -2.30. The molecule has 0 amide bonds. The molecule has 2 saturated heterocycles. The molecular formula is C44H82O13. The van der Waals surface area contributed by atoms with E-state index in [1.165, 1.54) is 103 Å². The maximum absolute atomic E-state index is 13.0. The van der Waals surface area contributed by atoms with Crippen LogP contribution in [-0.4, -0.2) is 117 Å². The second-order valence-electron chi connectivity index (χ2n) is 16.5. The zero-order valence-electron chi connectivity index (χ0n) is 35.6. The molecule has 2 aliphatic heterocycles. The van der Waals surface area contributed by atoms with Crippen molar-refractivity contribution in [2.45, 2.75) is 248 Å². The van der Waals surface area contributed by atoms with Crippen molar-refractivity contribution < 1.29 is 63.9 Å². The van der Waals surface area contributed by atoms with Crippen LogP contribution in [0.25, 0.3) is 0 Å².